The Bertz CT molecular complexity index is 660. The van der Waals surface area contributed by atoms with Crippen LogP contribution in [0.4, 0.5) is 5.69 Å². The average Bonchev–Trinajstić information content (AvgIpc) is 2.80. The smallest absolute Gasteiger partial charge is 0.238 e. The summed E-state index contributed by atoms with van der Waals surface area (Å²) in [6.45, 7) is 5.64. The topological polar surface area (TPSA) is 71.1 Å². The van der Waals surface area contributed by atoms with Crippen molar-refractivity contribution in [3.05, 3.63) is 17.2 Å². The highest BCUT2D eigenvalue weighted by Crippen LogP contribution is 2.37. The molecule has 0 aromatic heterocycles. The zero-order valence-corrected chi connectivity index (χ0v) is 15.0. The molecule has 1 aromatic rings. The minimum absolute atomic E-state index is 0.0723. The van der Waals surface area contributed by atoms with Gasteiger partial charge in [0.25, 0.3) is 0 Å². The van der Waals surface area contributed by atoms with E-state index in [-0.39, 0.29) is 18.4 Å². The number of piperazine rings is 1. The third kappa shape index (κ3) is 4.55. The Morgan fingerprint density at radius 2 is 1.76 bits per heavy atom. The molecule has 0 unspecified atom stereocenters. The summed E-state index contributed by atoms with van der Waals surface area (Å²) in [5, 5.41) is 3.25. The lowest BCUT2D eigenvalue weighted by Crippen LogP contribution is -2.49. The summed E-state index contributed by atoms with van der Waals surface area (Å²) in [5.41, 5.74) is 0.512. The van der Waals surface area contributed by atoms with Crippen molar-refractivity contribution in [1.29, 1.82) is 0 Å². The second-order valence-electron chi connectivity index (χ2n) is 6.16. The van der Waals surface area contributed by atoms with Crippen LogP contribution < -0.4 is 14.8 Å². The quantitative estimate of drug-likeness (QED) is 0.878. The predicted octanol–water partition coefficient (Wildman–Crippen LogP) is 1.60. The van der Waals surface area contributed by atoms with Crippen LogP contribution in [0.25, 0.3) is 0 Å². The fourth-order valence-corrected chi connectivity index (χ4v) is 3.09. The highest BCUT2D eigenvalue weighted by atomic mass is 35.5. The second kappa shape index (κ2) is 7.93. The first-order valence-electron chi connectivity index (χ1n) is 8.40. The van der Waals surface area contributed by atoms with Gasteiger partial charge in [-0.25, -0.2) is 0 Å². The van der Waals surface area contributed by atoms with E-state index in [2.05, 4.69) is 5.32 Å². The molecule has 1 aromatic carbocycles. The normalized spacial score (nSPS) is 17.8. The van der Waals surface area contributed by atoms with Gasteiger partial charge in [-0.2, -0.15) is 0 Å². The van der Waals surface area contributed by atoms with Crippen LogP contribution in [0.15, 0.2) is 12.1 Å². The van der Waals surface area contributed by atoms with E-state index in [0.717, 1.165) is 6.42 Å². The Labute approximate surface area is 151 Å². The minimum Gasteiger partial charge on any atom is -0.490 e. The number of benzene rings is 1. The van der Waals surface area contributed by atoms with Gasteiger partial charge in [-0.05, 0) is 0 Å². The Morgan fingerprint density at radius 3 is 2.40 bits per heavy atom. The van der Waals surface area contributed by atoms with E-state index in [1.54, 1.807) is 24.0 Å². The molecule has 2 aliphatic rings. The third-order valence-corrected chi connectivity index (χ3v) is 4.61. The number of carbonyl (C=O) groups is 2. The van der Waals surface area contributed by atoms with Crippen molar-refractivity contribution in [2.45, 2.75) is 13.3 Å². The lowest BCUT2D eigenvalue weighted by Gasteiger charge is -2.33. The number of amides is 2. The number of nitrogens with one attached hydrogen (secondary N) is 1. The summed E-state index contributed by atoms with van der Waals surface area (Å²) >= 11 is 6.25. The summed E-state index contributed by atoms with van der Waals surface area (Å²) in [6, 6.07) is 3.37. The number of anilines is 1. The number of nitrogens with zero attached hydrogens (tertiary/aromatic N) is 2. The van der Waals surface area contributed by atoms with Gasteiger partial charge in [-0.15, -0.1) is 0 Å². The van der Waals surface area contributed by atoms with E-state index >= 15 is 0 Å². The van der Waals surface area contributed by atoms with Crippen LogP contribution in [0.3, 0.4) is 0 Å². The van der Waals surface area contributed by atoms with Crippen molar-refractivity contribution < 1.29 is 19.1 Å². The molecule has 3 rings (SSSR count). The van der Waals surface area contributed by atoms with Gasteiger partial charge in [0.05, 0.1) is 30.5 Å². The summed E-state index contributed by atoms with van der Waals surface area (Å²) in [4.78, 5) is 27.5. The molecular formula is C17H22ClN3O4. The van der Waals surface area contributed by atoms with Crippen LogP contribution in [-0.2, 0) is 9.59 Å². The van der Waals surface area contributed by atoms with Crippen LogP contribution >= 0.6 is 11.6 Å². The van der Waals surface area contributed by atoms with Gasteiger partial charge in [0, 0.05) is 51.7 Å². The number of fused-ring (bicyclic) bond motifs is 1. The molecule has 2 amide bonds. The Hall–Kier alpha value is -1.99. The average molecular weight is 368 g/mol. The van der Waals surface area contributed by atoms with Crippen molar-refractivity contribution in [2.75, 3.05) is 51.3 Å². The highest BCUT2D eigenvalue weighted by molar-refractivity contribution is 6.34. The number of hydrogen-bond donors (Lipinski definition) is 1. The minimum atomic E-state index is -0.146. The van der Waals surface area contributed by atoms with Gasteiger partial charge < -0.3 is 19.7 Å². The van der Waals surface area contributed by atoms with E-state index < -0.39 is 0 Å². The largest absolute Gasteiger partial charge is 0.490 e. The maximum absolute atomic E-state index is 12.3. The van der Waals surface area contributed by atoms with Crippen LogP contribution in [0, 0.1) is 0 Å². The third-order valence-electron chi connectivity index (χ3n) is 4.30. The maximum atomic E-state index is 12.3. The molecule has 0 spiro atoms. The summed E-state index contributed by atoms with van der Waals surface area (Å²) in [7, 11) is 0. The molecule has 0 radical (unpaired) electrons. The SMILES string of the molecule is CC(=O)N1CCN(CC(=O)Nc2cc3c(cc2Cl)OCCCO3)CC1. The van der Waals surface area contributed by atoms with Crippen molar-refractivity contribution in [1.82, 2.24) is 9.80 Å². The van der Waals surface area contributed by atoms with E-state index in [0.29, 0.717) is 61.6 Å². The predicted molar refractivity (Wildman–Crippen MR) is 94.4 cm³/mol. The van der Waals surface area contributed by atoms with Crippen LogP contribution in [-0.4, -0.2) is 67.6 Å². The van der Waals surface area contributed by atoms with Crippen LogP contribution in [0.5, 0.6) is 11.5 Å². The number of halogens is 1. The fraction of sp³-hybridized carbons (Fsp3) is 0.529. The molecule has 8 heteroatoms. The molecule has 1 saturated heterocycles. The van der Waals surface area contributed by atoms with Gasteiger partial charge in [-0.1, -0.05) is 11.6 Å². The molecule has 136 valence electrons. The molecule has 2 aliphatic heterocycles. The molecule has 2 heterocycles. The Kier molecular flexibility index (Phi) is 5.65. The van der Waals surface area contributed by atoms with Crippen molar-refractivity contribution in [3.8, 4) is 11.5 Å². The number of hydrogen-bond acceptors (Lipinski definition) is 5. The van der Waals surface area contributed by atoms with Crippen molar-refractivity contribution in [3.63, 3.8) is 0 Å². The van der Waals surface area contributed by atoms with Crippen molar-refractivity contribution in [2.24, 2.45) is 0 Å². The van der Waals surface area contributed by atoms with Gasteiger partial charge in [0.15, 0.2) is 11.5 Å². The van der Waals surface area contributed by atoms with Crippen LogP contribution in [0.1, 0.15) is 13.3 Å². The first-order chi connectivity index (χ1) is 12.0. The molecule has 7 nitrogen and oxygen atoms in total. The molecule has 0 aliphatic carbocycles. The van der Waals surface area contributed by atoms with Gasteiger partial charge >= 0.3 is 0 Å². The molecule has 25 heavy (non-hydrogen) atoms. The first-order valence-corrected chi connectivity index (χ1v) is 8.77. The standard InChI is InChI=1S/C17H22ClN3O4/c1-12(22)21-5-3-20(4-6-21)11-17(23)19-14-10-16-15(9-13(14)18)24-7-2-8-25-16/h9-10H,2-8,11H2,1H3,(H,19,23). The van der Waals surface area contributed by atoms with E-state index in [9.17, 15) is 9.59 Å². The summed E-state index contributed by atoms with van der Waals surface area (Å²) in [6.07, 6.45) is 0.806. The molecule has 0 atom stereocenters. The van der Waals surface area contributed by atoms with E-state index in [1.165, 1.54) is 0 Å². The Morgan fingerprint density at radius 1 is 1.12 bits per heavy atom. The highest BCUT2D eigenvalue weighted by Gasteiger charge is 2.21. The van der Waals surface area contributed by atoms with Crippen molar-refractivity contribution >= 4 is 29.1 Å². The van der Waals surface area contributed by atoms with E-state index in [1.807, 2.05) is 4.90 Å². The fourth-order valence-electron chi connectivity index (χ4n) is 2.89. The number of ether oxygens (including phenoxy) is 2. The number of carbonyl (C=O) groups excluding carboxylic acids is 2. The zero-order chi connectivity index (χ0) is 17.8. The molecular weight excluding hydrogens is 346 g/mol. The lowest BCUT2D eigenvalue weighted by molar-refractivity contribution is -0.130. The zero-order valence-electron chi connectivity index (χ0n) is 14.2. The van der Waals surface area contributed by atoms with Gasteiger partial charge in [0.2, 0.25) is 11.8 Å². The van der Waals surface area contributed by atoms with Gasteiger partial charge in [-0.3, -0.25) is 14.5 Å². The van der Waals surface area contributed by atoms with E-state index in [4.69, 9.17) is 21.1 Å². The molecule has 1 N–H and O–H groups in total. The molecule has 0 saturated carbocycles. The van der Waals surface area contributed by atoms with Gasteiger partial charge in [0.1, 0.15) is 0 Å². The second-order valence-corrected chi connectivity index (χ2v) is 6.57. The molecule has 0 bridgehead atoms. The number of rotatable bonds is 3. The first kappa shape index (κ1) is 17.8. The Balaban J connectivity index is 1.58. The van der Waals surface area contributed by atoms with Crippen LogP contribution in [0.2, 0.25) is 5.02 Å². The summed E-state index contributed by atoms with van der Waals surface area (Å²) < 4.78 is 11.2. The lowest BCUT2D eigenvalue weighted by atomic mass is 10.2. The monoisotopic (exact) mass is 367 g/mol. The summed E-state index contributed by atoms with van der Waals surface area (Å²) in [5.74, 6) is 1.11. The molecule has 1 fully saturated rings. The maximum Gasteiger partial charge on any atom is 0.238 e.